The number of hydrogen-bond acceptors (Lipinski definition) is 3. The molecule has 0 aliphatic rings. The van der Waals surface area contributed by atoms with Gasteiger partial charge in [0.2, 0.25) is 0 Å². The highest BCUT2D eigenvalue weighted by atomic mass is 127. The van der Waals surface area contributed by atoms with E-state index in [0.29, 0.717) is 29.2 Å². The van der Waals surface area contributed by atoms with Crippen molar-refractivity contribution in [1.82, 2.24) is 15.2 Å². The first-order chi connectivity index (χ1) is 12.0. The zero-order valence-electron chi connectivity index (χ0n) is 15.1. The zero-order chi connectivity index (χ0) is 18.4. The number of benzene rings is 1. The summed E-state index contributed by atoms with van der Waals surface area (Å²) in [6.07, 6.45) is 0. The molecule has 2 rings (SSSR count). The number of rotatable bonds is 6. The highest BCUT2D eigenvalue weighted by Crippen LogP contribution is 2.25. The van der Waals surface area contributed by atoms with Gasteiger partial charge in [-0.25, -0.2) is 0 Å². The number of nitrogens with zero attached hydrogens (tertiary/aromatic N) is 2. The third kappa shape index (κ3) is 5.59. The summed E-state index contributed by atoms with van der Waals surface area (Å²) in [6.45, 7) is 1.10. The van der Waals surface area contributed by atoms with Gasteiger partial charge in [-0.3, -0.25) is 4.99 Å². The number of aliphatic imine (C=N–C) groups is 1. The van der Waals surface area contributed by atoms with E-state index in [9.17, 15) is 0 Å². The second kappa shape index (κ2) is 10.7. The molecule has 0 aliphatic heterocycles. The molecule has 0 radical (unpaired) electrons. The van der Waals surface area contributed by atoms with Crippen molar-refractivity contribution in [3.8, 4) is 11.5 Å². The molecule has 0 spiro atoms. The van der Waals surface area contributed by atoms with Crippen molar-refractivity contribution in [2.45, 2.75) is 13.1 Å². The lowest BCUT2D eigenvalue weighted by Crippen LogP contribution is -2.36. The van der Waals surface area contributed by atoms with Gasteiger partial charge in [-0.15, -0.1) is 24.0 Å². The first-order valence-electron chi connectivity index (χ1n) is 7.65. The molecule has 2 N–H and O–H groups in total. The van der Waals surface area contributed by atoms with Crippen LogP contribution in [0.25, 0.3) is 0 Å². The molecule has 0 bridgehead atoms. The van der Waals surface area contributed by atoms with E-state index in [0.717, 1.165) is 22.8 Å². The monoisotopic (exact) mass is 512 g/mol. The van der Waals surface area contributed by atoms with Crippen LogP contribution in [0.4, 0.5) is 0 Å². The molecule has 1 aromatic heterocycles. The minimum atomic E-state index is 0. The summed E-state index contributed by atoms with van der Waals surface area (Å²) in [6, 6.07) is 7.52. The first-order valence-corrected chi connectivity index (χ1v) is 8.40. The molecule has 9 heteroatoms. The average Bonchev–Trinajstić information content (AvgIpc) is 2.88. The van der Waals surface area contributed by atoms with Crippen LogP contribution in [0, 0.1) is 0 Å². The molecule has 0 atom stereocenters. The Bertz CT molecular complexity index is 765. The Hall–Kier alpha value is -1.32. The predicted molar refractivity (Wildman–Crippen MR) is 117 cm³/mol. The molecule has 6 nitrogen and oxygen atoms in total. The van der Waals surface area contributed by atoms with Gasteiger partial charge in [0.05, 0.1) is 25.8 Å². The van der Waals surface area contributed by atoms with Crippen LogP contribution in [0.5, 0.6) is 11.5 Å². The van der Waals surface area contributed by atoms with Crippen LogP contribution in [0.15, 0.2) is 29.3 Å². The third-order valence-corrected chi connectivity index (χ3v) is 4.66. The van der Waals surface area contributed by atoms with Gasteiger partial charge >= 0.3 is 0 Å². The second-order valence-electron chi connectivity index (χ2n) is 5.29. The first kappa shape index (κ1) is 22.7. The van der Waals surface area contributed by atoms with E-state index in [4.69, 9.17) is 32.7 Å². The topological polar surface area (TPSA) is 59.8 Å². The summed E-state index contributed by atoms with van der Waals surface area (Å²) in [5.74, 6) is 2.16. The van der Waals surface area contributed by atoms with E-state index >= 15 is 0 Å². The fourth-order valence-corrected chi connectivity index (χ4v) is 2.75. The van der Waals surface area contributed by atoms with E-state index in [1.165, 1.54) is 0 Å². The number of halogens is 3. The maximum Gasteiger partial charge on any atom is 0.191 e. The average molecular weight is 513 g/mol. The standard InChI is InChI=1S/C17H22Cl2N4O2.HI/c1-20-17(22-10-12-7-14(18)16(19)23(12)2)21-9-11-5-6-13(24-3)8-15(11)25-4;/h5-8H,9-10H2,1-4H3,(H2,20,21,22);1H. The quantitative estimate of drug-likeness (QED) is 0.351. The number of guanidine groups is 1. The Morgan fingerprint density at radius 3 is 2.35 bits per heavy atom. The predicted octanol–water partition coefficient (Wildman–Crippen LogP) is 3.83. The summed E-state index contributed by atoms with van der Waals surface area (Å²) in [5.41, 5.74) is 1.95. The SMILES string of the molecule is CN=C(NCc1ccc(OC)cc1OC)NCc1cc(Cl)c(Cl)n1C.I. The highest BCUT2D eigenvalue weighted by Gasteiger charge is 2.10. The largest absolute Gasteiger partial charge is 0.497 e. The van der Waals surface area contributed by atoms with Crippen LogP contribution < -0.4 is 20.1 Å². The molecule has 144 valence electrons. The van der Waals surface area contributed by atoms with E-state index in [1.807, 2.05) is 35.9 Å². The minimum absolute atomic E-state index is 0. The molecule has 0 aliphatic carbocycles. The van der Waals surface area contributed by atoms with Gasteiger partial charge in [0, 0.05) is 38.0 Å². The summed E-state index contributed by atoms with van der Waals surface area (Å²) >= 11 is 12.1. The Labute approximate surface area is 180 Å². The molecule has 0 saturated carbocycles. The van der Waals surface area contributed by atoms with Gasteiger partial charge in [0.1, 0.15) is 16.7 Å². The van der Waals surface area contributed by atoms with E-state index in [-0.39, 0.29) is 24.0 Å². The van der Waals surface area contributed by atoms with Crippen LogP contribution in [-0.4, -0.2) is 31.8 Å². The molecule has 0 saturated heterocycles. The van der Waals surface area contributed by atoms with Crippen molar-refractivity contribution in [1.29, 1.82) is 0 Å². The fraction of sp³-hybridized carbons (Fsp3) is 0.353. The molecular weight excluding hydrogens is 490 g/mol. The Morgan fingerprint density at radius 2 is 1.81 bits per heavy atom. The van der Waals surface area contributed by atoms with E-state index in [2.05, 4.69) is 15.6 Å². The van der Waals surface area contributed by atoms with Crippen molar-refractivity contribution < 1.29 is 9.47 Å². The Balaban J connectivity index is 0.00000338. The Kier molecular flexibility index (Phi) is 9.38. The number of hydrogen-bond donors (Lipinski definition) is 2. The van der Waals surface area contributed by atoms with Crippen LogP contribution in [0.3, 0.4) is 0 Å². The highest BCUT2D eigenvalue weighted by molar-refractivity contribution is 14.0. The van der Waals surface area contributed by atoms with Crippen LogP contribution in [-0.2, 0) is 20.1 Å². The van der Waals surface area contributed by atoms with Gasteiger partial charge in [0.25, 0.3) is 0 Å². The number of ether oxygens (including phenoxy) is 2. The summed E-state index contributed by atoms with van der Waals surface area (Å²) in [5, 5.41) is 7.54. The van der Waals surface area contributed by atoms with Gasteiger partial charge in [-0.05, 0) is 18.2 Å². The van der Waals surface area contributed by atoms with Crippen molar-refractivity contribution in [2.75, 3.05) is 21.3 Å². The van der Waals surface area contributed by atoms with Crippen molar-refractivity contribution >= 4 is 53.1 Å². The van der Waals surface area contributed by atoms with Crippen molar-refractivity contribution in [3.63, 3.8) is 0 Å². The van der Waals surface area contributed by atoms with Crippen LogP contribution in [0.2, 0.25) is 10.2 Å². The summed E-state index contributed by atoms with van der Waals surface area (Å²) < 4.78 is 12.4. The smallest absolute Gasteiger partial charge is 0.191 e. The third-order valence-electron chi connectivity index (χ3n) is 3.82. The molecule has 0 amide bonds. The molecule has 26 heavy (non-hydrogen) atoms. The van der Waals surface area contributed by atoms with Gasteiger partial charge in [-0.2, -0.15) is 0 Å². The van der Waals surface area contributed by atoms with Gasteiger partial charge < -0.3 is 24.7 Å². The van der Waals surface area contributed by atoms with E-state index < -0.39 is 0 Å². The molecule has 2 aromatic rings. The molecule has 1 heterocycles. The van der Waals surface area contributed by atoms with Gasteiger partial charge in [0.15, 0.2) is 5.96 Å². The lowest BCUT2D eigenvalue weighted by atomic mass is 10.2. The normalized spacial score (nSPS) is 10.9. The zero-order valence-corrected chi connectivity index (χ0v) is 18.9. The summed E-state index contributed by atoms with van der Waals surface area (Å²) in [4.78, 5) is 4.22. The van der Waals surface area contributed by atoms with Gasteiger partial charge in [-0.1, -0.05) is 23.2 Å². The number of nitrogens with one attached hydrogen (secondary N) is 2. The molecule has 1 aromatic carbocycles. The molecule has 0 unspecified atom stereocenters. The maximum atomic E-state index is 6.08. The van der Waals surface area contributed by atoms with Crippen LogP contribution in [0.1, 0.15) is 11.3 Å². The molecule has 0 fully saturated rings. The Morgan fingerprint density at radius 1 is 1.12 bits per heavy atom. The number of methoxy groups -OCH3 is 2. The van der Waals surface area contributed by atoms with Crippen LogP contribution >= 0.6 is 47.2 Å². The minimum Gasteiger partial charge on any atom is -0.497 e. The van der Waals surface area contributed by atoms with Crippen molar-refractivity contribution in [3.05, 3.63) is 45.7 Å². The molecular formula is C17H23Cl2IN4O2. The second-order valence-corrected chi connectivity index (χ2v) is 6.06. The lowest BCUT2D eigenvalue weighted by Gasteiger charge is -2.15. The lowest BCUT2D eigenvalue weighted by molar-refractivity contribution is 0.390. The maximum absolute atomic E-state index is 6.08. The van der Waals surface area contributed by atoms with E-state index in [1.54, 1.807) is 21.3 Å². The fourth-order valence-electron chi connectivity index (χ4n) is 2.33. The summed E-state index contributed by atoms with van der Waals surface area (Å²) in [7, 11) is 6.84. The van der Waals surface area contributed by atoms with Crippen molar-refractivity contribution in [2.24, 2.45) is 12.0 Å². The number of aromatic nitrogens is 1.